The third kappa shape index (κ3) is 1.44. The summed E-state index contributed by atoms with van der Waals surface area (Å²) in [5.41, 5.74) is 6.90. The van der Waals surface area contributed by atoms with Crippen molar-refractivity contribution in [1.29, 1.82) is 0 Å². The van der Waals surface area contributed by atoms with Crippen LogP contribution in [-0.4, -0.2) is 12.0 Å². The van der Waals surface area contributed by atoms with Crippen LogP contribution in [0.5, 0.6) is 0 Å². The van der Waals surface area contributed by atoms with Crippen molar-refractivity contribution in [2.75, 3.05) is 12.8 Å². The average molecular weight is 183 g/mol. The van der Waals surface area contributed by atoms with Crippen molar-refractivity contribution in [3.8, 4) is 0 Å². The van der Waals surface area contributed by atoms with Crippen molar-refractivity contribution >= 4 is 16.5 Å². The van der Waals surface area contributed by atoms with Crippen LogP contribution in [0.2, 0.25) is 0 Å². The van der Waals surface area contributed by atoms with Crippen LogP contribution < -0.4 is 11.1 Å². The quantitative estimate of drug-likeness (QED) is 0.743. The Morgan fingerprint density at radius 3 is 3.00 bits per heavy atom. The average Bonchev–Trinajstić information content (AvgIpc) is 2.79. The first-order chi connectivity index (χ1) is 5.81. The predicted octanol–water partition coefficient (Wildman–Crippen LogP) is 1.32. The van der Waals surface area contributed by atoms with Crippen LogP contribution in [0.3, 0.4) is 0 Å². The number of rotatable bonds is 3. The summed E-state index contributed by atoms with van der Waals surface area (Å²) in [4.78, 5) is 5.66. The van der Waals surface area contributed by atoms with Crippen molar-refractivity contribution < 1.29 is 0 Å². The maximum absolute atomic E-state index is 5.65. The largest absolute Gasteiger partial charge is 0.375 e. The molecular weight excluding hydrogens is 170 g/mol. The van der Waals surface area contributed by atoms with E-state index < -0.39 is 0 Å². The van der Waals surface area contributed by atoms with Crippen molar-refractivity contribution in [2.45, 2.75) is 25.3 Å². The van der Waals surface area contributed by atoms with Crippen LogP contribution in [0.4, 0.5) is 5.13 Å². The molecule has 12 heavy (non-hydrogen) atoms. The number of aromatic nitrogens is 1. The van der Waals surface area contributed by atoms with Gasteiger partial charge in [0.15, 0.2) is 5.13 Å². The number of nitrogens with one attached hydrogen (secondary N) is 1. The molecule has 1 aromatic heterocycles. The Hall–Kier alpha value is -0.610. The molecule has 0 spiro atoms. The monoisotopic (exact) mass is 183 g/mol. The summed E-state index contributed by atoms with van der Waals surface area (Å²) < 4.78 is 0. The van der Waals surface area contributed by atoms with Gasteiger partial charge in [-0.05, 0) is 19.9 Å². The lowest BCUT2D eigenvalue weighted by Crippen LogP contribution is -2.05. The van der Waals surface area contributed by atoms with Gasteiger partial charge in [0.25, 0.3) is 0 Å². The molecule has 0 unspecified atom stereocenters. The summed E-state index contributed by atoms with van der Waals surface area (Å²) in [5, 5.41) is 3.85. The first-order valence-electron chi connectivity index (χ1n) is 4.21. The van der Waals surface area contributed by atoms with Crippen molar-refractivity contribution in [3.63, 3.8) is 0 Å². The lowest BCUT2D eigenvalue weighted by Gasteiger charge is -1.97. The van der Waals surface area contributed by atoms with Crippen molar-refractivity contribution in [3.05, 3.63) is 10.6 Å². The highest BCUT2D eigenvalue weighted by molar-refractivity contribution is 7.15. The minimum absolute atomic E-state index is 0.710. The Morgan fingerprint density at radius 2 is 2.42 bits per heavy atom. The zero-order chi connectivity index (χ0) is 8.55. The lowest BCUT2D eigenvalue weighted by molar-refractivity contribution is 0.813. The number of thiazole rings is 1. The van der Waals surface area contributed by atoms with Gasteiger partial charge >= 0.3 is 0 Å². The molecule has 1 fully saturated rings. The van der Waals surface area contributed by atoms with E-state index in [0.29, 0.717) is 11.0 Å². The molecule has 3 nitrogen and oxygen atoms in total. The van der Waals surface area contributed by atoms with Crippen LogP contribution >= 0.6 is 11.3 Å². The zero-order valence-corrected chi connectivity index (χ0v) is 7.95. The normalized spacial score (nSPS) is 16.8. The second-order valence-electron chi connectivity index (χ2n) is 3.17. The van der Waals surface area contributed by atoms with Gasteiger partial charge in [0.05, 0.1) is 5.69 Å². The standard InChI is InChI=1S/C8H13N3S/c1-10-4-6-7(5-2-3-5)11-8(9)12-6/h5,10H,2-4H2,1H3,(H2,9,11). The van der Waals surface area contributed by atoms with Crippen LogP contribution in [0.15, 0.2) is 0 Å². The van der Waals surface area contributed by atoms with E-state index in [1.807, 2.05) is 7.05 Å². The topological polar surface area (TPSA) is 50.9 Å². The highest BCUT2D eigenvalue weighted by Gasteiger charge is 2.28. The summed E-state index contributed by atoms with van der Waals surface area (Å²) in [6, 6.07) is 0. The minimum Gasteiger partial charge on any atom is -0.375 e. The summed E-state index contributed by atoms with van der Waals surface area (Å²) in [6.45, 7) is 0.903. The molecule has 0 amide bonds. The molecule has 0 bridgehead atoms. The number of hydrogen-bond donors (Lipinski definition) is 2. The SMILES string of the molecule is CNCc1sc(N)nc1C1CC1. The highest BCUT2D eigenvalue weighted by atomic mass is 32.1. The fourth-order valence-corrected chi connectivity index (χ4v) is 2.28. The van der Waals surface area contributed by atoms with Crippen LogP contribution in [-0.2, 0) is 6.54 Å². The van der Waals surface area contributed by atoms with E-state index >= 15 is 0 Å². The number of nitrogens with two attached hydrogens (primary N) is 1. The number of hydrogen-bond acceptors (Lipinski definition) is 4. The molecular formula is C8H13N3S. The molecule has 1 aliphatic rings. The van der Waals surface area contributed by atoms with Gasteiger partial charge < -0.3 is 11.1 Å². The van der Waals surface area contributed by atoms with Crippen molar-refractivity contribution in [2.24, 2.45) is 0 Å². The van der Waals surface area contributed by atoms with Crippen LogP contribution in [0.25, 0.3) is 0 Å². The molecule has 3 N–H and O–H groups in total. The molecule has 0 aromatic carbocycles. The second-order valence-corrected chi connectivity index (χ2v) is 4.28. The Kier molecular flexibility index (Phi) is 2.02. The molecule has 0 radical (unpaired) electrons. The van der Waals surface area contributed by atoms with Gasteiger partial charge in [0, 0.05) is 17.3 Å². The molecule has 1 heterocycles. The van der Waals surface area contributed by atoms with Crippen LogP contribution in [0, 0.1) is 0 Å². The zero-order valence-electron chi connectivity index (χ0n) is 7.13. The molecule has 4 heteroatoms. The first-order valence-corrected chi connectivity index (χ1v) is 5.02. The smallest absolute Gasteiger partial charge is 0.180 e. The maximum Gasteiger partial charge on any atom is 0.180 e. The van der Waals surface area contributed by atoms with Gasteiger partial charge in [-0.3, -0.25) is 0 Å². The number of anilines is 1. The lowest BCUT2D eigenvalue weighted by atomic mass is 10.2. The molecule has 0 atom stereocenters. The van der Waals surface area contributed by atoms with Gasteiger partial charge in [-0.2, -0.15) is 0 Å². The molecule has 0 aliphatic heterocycles. The van der Waals surface area contributed by atoms with E-state index in [1.54, 1.807) is 11.3 Å². The molecule has 1 aromatic rings. The first kappa shape index (κ1) is 8.01. The van der Waals surface area contributed by atoms with E-state index in [9.17, 15) is 0 Å². The van der Waals surface area contributed by atoms with Gasteiger partial charge in [-0.25, -0.2) is 4.98 Å². The van der Waals surface area contributed by atoms with E-state index in [1.165, 1.54) is 23.4 Å². The van der Waals surface area contributed by atoms with Gasteiger partial charge in [0.2, 0.25) is 0 Å². The Labute approximate surface area is 76.0 Å². The van der Waals surface area contributed by atoms with Crippen molar-refractivity contribution in [1.82, 2.24) is 10.3 Å². The van der Waals surface area contributed by atoms with E-state index in [4.69, 9.17) is 5.73 Å². The van der Waals surface area contributed by atoms with E-state index in [0.717, 1.165) is 6.54 Å². The van der Waals surface area contributed by atoms with Crippen LogP contribution in [0.1, 0.15) is 29.3 Å². The predicted molar refractivity (Wildman–Crippen MR) is 51.3 cm³/mol. The number of nitrogens with zero attached hydrogens (tertiary/aromatic N) is 1. The maximum atomic E-state index is 5.65. The Bertz CT molecular complexity index is 278. The summed E-state index contributed by atoms with van der Waals surface area (Å²) >= 11 is 1.61. The van der Waals surface area contributed by atoms with Gasteiger partial charge in [-0.15, -0.1) is 11.3 Å². The minimum atomic E-state index is 0.710. The Morgan fingerprint density at radius 1 is 1.67 bits per heavy atom. The summed E-state index contributed by atoms with van der Waals surface area (Å²) in [6.07, 6.45) is 2.58. The van der Waals surface area contributed by atoms with Gasteiger partial charge in [-0.1, -0.05) is 0 Å². The molecule has 1 aliphatic carbocycles. The fourth-order valence-electron chi connectivity index (χ4n) is 1.35. The molecule has 66 valence electrons. The molecule has 0 saturated heterocycles. The van der Waals surface area contributed by atoms with Gasteiger partial charge in [0.1, 0.15) is 0 Å². The summed E-state index contributed by atoms with van der Waals surface area (Å²) in [7, 11) is 1.95. The molecule has 1 saturated carbocycles. The highest BCUT2D eigenvalue weighted by Crippen LogP contribution is 2.42. The van der Waals surface area contributed by atoms with E-state index in [2.05, 4.69) is 10.3 Å². The third-order valence-electron chi connectivity index (χ3n) is 2.05. The summed E-state index contributed by atoms with van der Waals surface area (Å²) in [5.74, 6) is 0.710. The Balaban J connectivity index is 2.24. The fraction of sp³-hybridized carbons (Fsp3) is 0.625. The van der Waals surface area contributed by atoms with E-state index in [-0.39, 0.29) is 0 Å². The second kappa shape index (κ2) is 3.03. The number of nitrogen functional groups attached to an aromatic ring is 1. The molecule has 2 rings (SSSR count). The third-order valence-corrected chi connectivity index (χ3v) is 2.95.